The van der Waals surface area contributed by atoms with E-state index in [1.807, 2.05) is 4.90 Å². The zero-order chi connectivity index (χ0) is 11.7. The molecule has 16 heavy (non-hydrogen) atoms. The molecule has 0 aromatic carbocycles. The Bertz CT molecular complexity index is 404. The zero-order valence-electron chi connectivity index (χ0n) is 9.49. The number of carbonyl (C=O) groups is 1. The summed E-state index contributed by atoms with van der Waals surface area (Å²) in [6.07, 6.45) is 2.15. The second-order valence-electron chi connectivity index (χ2n) is 3.97. The minimum absolute atomic E-state index is 0.0153. The van der Waals surface area contributed by atoms with E-state index >= 15 is 0 Å². The Morgan fingerprint density at radius 1 is 1.69 bits per heavy atom. The summed E-state index contributed by atoms with van der Waals surface area (Å²) in [5.74, 6) is 0.347. The lowest BCUT2D eigenvalue weighted by atomic mass is 10.2. The standard InChI is InChI=1S/C10H16N4OS/c1-6-4-3-5-14(6)9(15)7-8(11)13-10(12-2)16-7/h6H,3-5,11H2,1-2H3,(H,12,13). The molecule has 2 heterocycles. The maximum absolute atomic E-state index is 12.2. The number of nitrogen functional groups attached to an aromatic ring is 1. The summed E-state index contributed by atoms with van der Waals surface area (Å²) in [5.41, 5.74) is 5.74. The van der Waals surface area contributed by atoms with E-state index in [2.05, 4.69) is 17.2 Å². The lowest BCUT2D eigenvalue weighted by molar-refractivity contribution is 0.0753. The van der Waals surface area contributed by atoms with Gasteiger partial charge in [-0.25, -0.2) is 4.98 Å². The number of anilines is 2. The van der Waals surface area contributed by atoms with E-state index in [4.69, 9.17) is 5.73 Å². The Kier molecular flexibility index (Phi) is 3.00. The first kappa shape index (κ1) is 11.2. The van der Waals surface area contributed by atoms with Crippen LogP contribution in [-0.2, 0) is 0 Å². The van der Waals surface area contributed by atoms with E-state index in [1.165, 1.54) is 11.3 Å². The van der Waals surface area contributed by atoms with Crippen LogP contribution in [-0.4, -0.2) is 35.4 Å². The van der Waals surface area contributed by atoms with Gasteiger partial charge < -0.3 is 16.0 Å². The monoisotopic (exact) mass is 240 g/mol. The van der Waals surface area contributed by atoms with Gasteiger partial charge >= 0.3 is 0 Å². The zero-order valence-corrected chi connectivity index (χ0v) is 10.3. The molecule has 0 saturated carbocycles. The van der Waals surface area contributed by atoms with Crippen LogP contribution >= 0.6 is 11.3 Å². The number of carbonyl (C=O) groups excluding carboxylic acids is 1. The van der Waals surface area contributed by atoms with Crippen molar-refractivity contribution in [3.63, 3.8) is 0 Å². The maximum Gasteiger partial charge on any atom is 0.268 e. The van der Waals surface area contributed by atoms with Crippen LogP contribution in [0.5, 0.6) is 0 Å². The number of amides is 1. The highest BCUT2D eigenvalue weighted by Gasteiger charge is 2.28. The largest absolute Gasteiger partial charge is 0.382 e. The van der Waals surface area contributed by atoms with Crippen molar-refractivity contribution < 1.29 is 4.79 Å². The fraction of sp³-hybridized carbons (Fsp3) is 0.600. The van der Waals surface area contributed by atoms with Gasteiger partial charge in [-0.3, -0.25) is 4.79 Å². The first-order valence-electron chi connectivity index (χ1n) is 5.38. The number of hydrogen-bond acceptors (Lipinski definition) is 5. The van der Waals surface area contributed by atoms with E-state index in [1.54, 1.807) is 7.05 Å². The second kappa shape index (κ2) is 4.29. The quantitative estimate of drug-likeness (QED) is 0.819. The van der Waals surface area contributed by atoms with E-state index in [9.17, 15) is 4.79 Å². The molecule has 6 heteroatoms. The molecule has 5 nitrogen and oxygen atoms in total. The number of nitrogens with zero attached hydrogens (tertiary/aromatic N) is 2. The number of nitrogens with two attached hydrogens (primary N) is 1. The topological polar surface area (TPSA) is 71.2 Å². The van der Waals surface area contributed by atoms with Crippen LogP contribution in [0, 0.1) is 0 Å². The van der Waals surface area contributed by atoms with Crippen molar-refractivity contribution >= 4 is 28.2 Å². The van der Waals surface area contributed by atoms with Crippen LogP contribution in [0.4, 0.5) is 10.9 Å². The molecular weight excluding hydrogens is 224 g/mol. The molecule has 1 atom stereocenters. The second-order valence-corrected chi connectivity index (χ2v) is 4.97. The van der Waals surface area contributed by atoms with Crippen LogP contribution < -0.4 is 11.1 Å². The Morgan fingerprint density at radius 2 is 2.44 bits per heavy atom. The lowest BCUT2D eigenvalue weighted by Crippen LogP contribution is -2.33. The van der Waals surface area contributed by atoms with Gasteiger partial charge in [-0.2, -0.15) is 0 Å². The fourth-order valence-electron chi connectivity index (χ4n) is 1.96. The molecule has 0 bridgehead atoms. The summed E-state index contributed by atoms with van der Waals surface area (Å²) in [7, 11) is 1.77. The fourth-order valence-corrected chi connectivity index (χ4v) is 2.75. The number of thiazole rings is 1. The van der Waals surface area contributed by atoms with Gasteiger partial charge in [0, 0.05) is 19.6 Å². The highest BCUT2D eigenvalue weighted by molar-refractivity contribution is 7.18. The highest BCUT2D eigenvalue weighted by Crippen LogP contribution is 2.28. The summed E-state index contributed by atoms with van der Waals surface area (Å²) in [4.78, 5) is 18.7. The van der Waals surface area contributed by atoms with Gasteiger partial charge in [-0.15, -0.1) is 0 Å². The van der Waals surface area contributed by atoms with E-state index in [0.29, 0.717) is 21.9 Å². The van der Waals surface area contributed by atoms with Gasteiger partial charge in [-0.1, -0.05) is 11.3 Å². The van der Waals surface area contributed by atoms with Crippen molar-refractivity contribution in [2.75, 3.05) is 24.6 Å². The van der Waals surface area contributed by atoms with Crippen LogP contribution in [0.25, 0.3) is 0 Å². The van der Waals surface area contributed by atoms with Crippen molar-refractivity contribution in [1.29, 1.82) is 0 Å². The number of aromatic nitrogens is 1. The molecule has 0 aliphatic carbocycles. The third-order valence-electron chi connectivity index (χ3n) is 2.88. The maximum atomic E-state index is 12.2. The molecule has 0 radical (unpaired) electrons. The molecule has 88 valence electrons. The number of nitrogens with one attached hydrogen (secondary N) is 1. The Morgan fingerprint density at radius 3 is 2.94 bits per heavy atom. The Hall–Kier alpha value is -1.30. The highest BCUT2D eigenvalue weighted by atomic mass is 32.1. The van der Waals surface area contributed by atoms with Crippen LogP contribution in [0.15, 0.2) is 0 Å². The molecule has 3 N–H and O–H groups in total. The summed E-state index contributed by atoms with van der Waals surface area (Å²) in [6, 6.07) is 0.312. The Balaban J connectivity index is 2.22. The van der Waals surface area contributed by atoms with Crippen molar-refractivity contribution in [3.8, 4) is 0 Å². The Labute approximate surface area is 98.7 Å². The van der Waals surface area contributed by atoms with E-state index < -0.39 is 0 Å². The van der Waals surface area contributed by atoms with Gasteiger partial charge in [0.2, 0.25) is 0 Å². The van der Waals surface area contributed by atoms with Gasteiger partial charge in [0.25, 0.3) is 5.91 Å². The van der Waals surface area contributed by atoms with E-state index in [-0.39, 0.29) is 5.91 Å². The predicted octanol–water partition coefficient (Wildman–Crippen LogP) is 1.39. The molecule has 1 fully saturated rings. The van der Waals surface area contributed by atoms with Gasteiger partial charge in [-0.05, 0) is 19.8 Å². The van der Waals surface area contributed by atoms with Crippen LogP contribution in [0.3, 0.4) is 0 Å². The number of rotatable bonds is 2. The third kappa shape index (κ3) is 1.84. The normalized spacial score (nSPS) is 20.1. The lowest BCUT2D eigenvalue weighted by Gasteiger charge is -2.20. The summed E-state index contributed by atoms with van der Waals surface area (Å²) < 4.78 is 0. The third-order valence-corrected chi connectivity index (χ3v) is 3.95. The van der Waals surface area contributed by atoms with Gasteiger partial charge in [0.1, 0.15) is 10.7 Å². The van der Waals surface area contributed by atoms with Crippen LogP contribution in [0.2, 0.25) is 0 Å². The number of hydrogen-bond donors (Lipinski definition) is 2. The van der Waals surface area contributed by atoms with Gasteiger partial charge in [0.15, 0.2) is 5.13 Å². The molecule has 0 spiro atoms. The minimum atomic E-state index is 0.0153. The smallest absolute Gasteiger partial charge is 0.268 e. The summed E-state index contributed by atoms with van der Waals surface area (Å²) >= 11 is 1.32. The molecule has 1 aliphatic rings. The van der Waals surface area contributed by atoms with Crippen molar-refractivity contribution in [2.24, 2.45) is 0 Å². The molecule has 1 aliphatic heterocycles. The van der Waals surface area contributed by atoms with E-state index in [0.717, 1.165) is 19.4 Å². The first-order chi connectivity index (χ1) is 7.63. The van der Waals surface area contributed by atoms with Gasteiger partial charge in [0.05, 0.1) is 0 Å². The molecule has 1 aromatic rings. The van der Waals surface area contributed by atoms with Crippen LogP contribution in [0.1, 0.15) is 29.4 Å². The number of likely N-dealkylation sites (tertiary alicyclic amines) is 1. The minimum Gasteiger partial charge on any atom is -0.382 e. The SMILES string of the molecule is CNc1nc(N)c(C(=O)N2CCCC2C)s1. The average molecular weight is 240 g/mol. The van der Waals surface area contributed by atoms with Crippen molar-refractivity contribution in [1.82, 2.24) is 9.88 Å². The molecule has 2 rings (SSSR count). The molecule has 1 amide bonds. The molecule has 1 saturated heterocycles. The predicted molar refractivity (Wildman–Crippen MR) is 65.8 cm³/mol. The van der Waals surface area contributed by atoms with Crippen molar-refractivity contribution in [2.45, 2.75) is 25.8 Å². The van der Waals surface area contributed by atoms with Crippen molar-refractivity contribution in [3.05, 3.63) is 4.88 Å². The molecular formula is C10H16N4OS. The first-order valence-corrected chi connectivity index (χ1v) is 6.20. The summed E-state index contributed by atoms with van der Waals surface area (Å²) in [6.45, 7) is 2.90. The molecule has 1 aromatic heterocycles. The average Bonchev–Trinajstić information content (AvgIpc) is 2.83. The molecule has 1 unspecified atom stereocenters. The summed E-state index contributed by atoms with van der Waals surface area (Å²) in [5, 5.41) is 3.59.